The lowest BCUT2D eigenvalue weighted by atomic mass is 10.1. The van der Waals surface area contributed by atoms with Crippen LogP contribution in [0.4, 0.5) is 13.2 Å². The average molecular weight is 470 g/mol. The highest BCUT2D eigenvalue weighted by Crippen LogP contribution is 2.33. The number of amides is 1. The zero-order chi connectivity index (χ0) is 22.8. The molecule has 0 unspecified atom stereocenters. The Morgan fingerprint density at radius 3 is 2.26 bits per heavy atom. The van der Waals surface area contributed by atoms with Crippen LogP contribution in [-0.2, 0) is 22.6 Å². The van der Waals surface area contributed by atoms with E-state index in [1.165, 1.54) is 24.3 Å². The van der Waals surface area contributed by atoms with Gasteiger partial charge in [-0.15, -0.1) is 11.3 Å². The Labute approximate surface area is 181 Å². The van der Waals surface area contributed by atoms with Crippen molar-refractivity contribution in [3.63, 3.8) is 0 Å². The number of nitrogens with two attached hydrogens (primary N) is 1. The molecular formula is C20H18F3N3O3S2. The lowest BCUT2D eigenvalue weighted by molar-refractivity contribution is -0.137. The molecule has 0 aliphatic rings. The Hall–Kier alpha value is -2.76. The number of rotatable bonds is 6. The van der Waals surface area contributed by atoms with Crippen LogP contribution in [0.25, 0.3) is 10.6 Å². The molecule has 11 heteroatoms. The van der Waals surface area contributed by atoms with E-state index in [0.717, 1.165) is 29.0 Å². The molecule has 1 aromatic heterocycles. The highest BCUT2D eigenvalue weighted by molar-refractivity contribution is 7.89. The quantitative estimate of drug-likeness (QED) is 0.574. The lowest BCUT2D eigenvalue weighted by Crippen LogP contribution is -2.25. The Bertz CT molecular complexity index is 1190. The third-order valence-electron chi connectivity index (χ3n) is 4.41. The first kappa shape index (κ1) is 22.9. The summed E-state index contributed by atoms with van der Waals surface area (Å²) >= 11 is 1.10. The number of hydrogen-bond acceptors (Lipinski definition) is 5. The zero-order valence-electron chi connectivity index (χ0n) is 16.2. The smallest absolute Gasteiger partial charge is 0.351 e. The molecule has 6 nitrogen and oxygen atoms in total. The van der Waals surface area contributed by atoms with E-state index in [1.807, 2.05) is 0 Å². The molecule has 0 saturated heterocycles. The van der Waals surface area contributed by atoms with Gasteiger partial charge in [0.15, 0.2) is 0 Å². The van der Waals surface area contributed by atoms with Crippen LogP contribution in [0.1, 0.15) is 26.5 Å². The Kier molecular flexibility index (Phi) is 6.48. The first-order valence-electron chi connectivity index (χ1n) is 9.00. The van der Waals surface area contributed by atoms with E-state index >= 15 is 0 Å². The maximum atomic E-state index is 12.7. The van der Waals surface area contributed by atoms with E-state index < -0.39 is 21.8 Å². The molecule has 0 fully saturated rings. The number of alkyl halides is 3. The summed E-state index contributed by atoms with van der Waals surface area (Å²) in [6.07, 6.45) is -3.94. The fraction of sp³-hybridized carbons (Fsp3) is 0.200. The van der Waals surface area contributed by atoms with E-state index in [0.29, 0.717) is 34.1 Å². The van der Waals surface area contributed by atoms with E-state index in [4.69, 9.17) is 5.14 Å². The van der Waals surface area contributed by atoms with Gasteiger partial charge in [0, 0.05) is 12.1 Å². The van der Waals surface area contributed by atoms with Crippen molar-refractivity contribution in [3.8, 4) is 10.6 Å². The molecule has 0 radical (unpaired) electrons. The van der Waals surface area contributed by atoms with Crippen LogP contribution in [-0.4, -0.2) is 25.9 Å². The van der Waals surface area contributed by atoms with Gasteiger partial charge in [-0.3, -0.25) is 4.79 Å². The molecule has 0 saturated carbocycles. The zero-order valence-corrected chi connectivity index (χ0v) is 17.9. The van der Waals surface area contributed by atoms with Crippen molar-refractivity contribution >= 4 is 27.3 Å². The minimum atomic E-state index is -4.42. The summed E-state index contributed by atoms with van der Waals surface area (Å²) < 4.78 is 60.7. The van der Waals surface area contributed by atoms with Crippen LogP contribution >= 0.6 is 11.3 Å². The van der Waals surface area contributed by atoms with Gasteiger partial charge in [0.25, 0.3) is 5.91 Å². The molecule has 1 amide bonds. The summed E-state index contributed by atoms with van der Waals surface area (Å²) in [5.41, 5.74) is 1.05. The monoisotopic (exact) mass is 469 g/mol. The fourth-order valence-corrected chi connectivity index (χ4v) is 4.28. The summed E-state index contributed by atoms with van der Waals surface area (Å²) in [4.78, 5) is 17.2. The minimum absolute atomic E-state index is 0.0105. The van der Waals surface area contributed by atoms with Crippen molar-refractivity contribution < 1.29 is 26.4 Å². The minimum Gasteiger partial charge on any atom is -0.351 e. The number of carbonyl (C=O) groups excluding carboxylic acids is 1. The molecule has 3 aromatic rings. The third-order valence-corrected chi connectivity index (χ3v) is 6.55. The number of halogens is 3. The van der Waals surface area contributed by atoms with Crippen molar-refractivity contribution in [2.45, 2.75) is 24.4 Å². The van der Waals surface area contributed by atoms with Gasteiger partial charge in [-0.1, -0.05) is 24.3 Å². The molecule has 0 bridgehead atoms. The molecule has 3 N–H and O–H groups in total. The van der Waals surface area contributed by atoms with Crippen LogP contribution in [0.3, 0.4) is 0 Å². The van der Waals surface area contributed by atoms with Crippen molar-refractivity contribution in [2.24, 2.45) is 5.14 Å². The number of hydrogen-bond donors (Lipinski definition) is 2. The van der Waals surface area contributed by atoms with Crippen molar-refractivity contribution in [2.75, 3.05) is 6.54 Å². The van der Waals surface area contributed by atoms with Gasteiger partial charge in [0.05, 0.1) is 16.2 Å². The second-order valence-corrected chi connectivity index (χ2v) is 9.26. The third kappa shape index (κ3) is 5.69. The number of nitrogens with zero attached hydrogens (tertiary/aromatic N) is 1. The Morgan fingerprint density at radius 1 is 1.10 bits per heavy atom. The first-order valence-corrected chi connectivity index (χ1v) is 11.4. The second kappa shape index (κ2) is 8.77. The lowest BCUT2D eigenvalue weighted by Gasteiger charge is -2.06. The van der Waals surface area contributed by atoms with Crippen molar-refractivity contribution in [1.82, 2.24) is 10.3 Å². The second-order valence-electron chi connectivity index (χ2n) is 6.70. The molecule has 0 atom stereocenters. The fourth-order valence-electron chi connectivity index (χ4n) is 2.78. The van der Waals surface area contributed by atoms with Crippen molar-refractivity contribution in [1.29, 1.82) is 0 Å². The highest BCUT2D eigenvalue weighted by atomic mass is 32.2. The van der Waals surface area contributed by atoms with Crippen molar-refractivity contribution in [3.05, 3.63) is 70.2 Å². The Balaban J connectivity index is 1.63. The van der Waals surface area contributed by atoms with E-state index in [-0.39, 0.29) is 10.8 Å². The number of sulfonamides is 1. The number of carbonyl (C=O) groups is 1. The predicted octanol–water partition coefficient (Wildman–Crippen LogP) is 3.76. The SMILES string of the molecule is Cc1nc(-c2ccc(C(F)(F)F)cc2)sc1C(=O)NCCc1ccc(S(N)(=O)=O)cc1. The number of aryl methyl sites for hydroxylation is 1. The number of nitrogens with one attached hydrogen (secondary N) is 1. The van der Waals surface area contributed by atoms with Crippen LogP contribution in [0.15, 0.2) is 53.4 Å². The number of thiazole rings is 1. The molecule has 0 aliphatic carbocycles. The van der Waals surface area contributed by atoms with E-state index in [1.54, 1.807) is 19.1 Å². The predicted molar refractivity (Wildman–Crippen MR) is 111 cm³/mol. The summed E-state index contributed by atoms with van der Waals surface area (Å²) in [6, 6.07) is 10.6. The first-order chi connectivity index (χ1) is 14.4. The van der Waals surface area contributed by atoms with Gasteiger partial charge in [-0.25, -0.2) is 18.5 Å². The molecule has 1 heterocycles. The van der Waals surface area contributed by atoms with Gasteiger partial charge >= 0.3 is 6.18 Å². The van der Waals surface area contributed by atoms with Crippen LogP contribution in [0, 0.1) is 6.92 Å². The molecule has 0 aliphatic heterocycles. The maximum Gasteiger partial charge on any atom is 0.416 e. The number of benzene rings is 2. The topological polar surface area (TPSA) is 102 Å². The summed E-state index contributed by atoms with van der Waals surface area (Å²) in [7, 11) is -3.76. The number of aromatic nitrogens is 1. The van der Waals surface area contributed by atoms with Gasteiger partial charge in [-0.05, 0) is 43.2 Å². The molecular weight excluding hydrogens is 451 g/mol. The summed E-state index contributed by atoms with van der Waals surface area (Å²) in [6.45, 7) is 1.96. The average Bonchev–Trinajstić information content (AvgIpc) is 3.09. The molecule has 2 aromatic carbocycles. The van der Waals surface area contributed by atoms with Gasteiger partial charge in [0.1, 0.15) is 9.88 Å². The van der Waals surface area contributed by atoms with Gasteiger partial charge in [-0.2, -0.15) is 13.2 Å². The van der Waals surface area contributed by atoms with E-state index in [9.17, 15) is 26.4 Å². The molecule has 0 spiro atoms. The molecule has 164 valence electrons. The molecule has 31 heavy (non-hydrogen) atoms. The standard InChI is InChI=1S/C20H18F3N3O3S2/c1-12-17(30-19(26-12)14-4-6-15(7-5-14)20(21,22)23)18(27)25-11-10-13-2-8-16(9-3-13)31(24,28)29/h2-9H,10-11H2,1H3,(H,25,27)(H2,24,28,29). The summed E-state index contributed by atoms with van der Waals surface area (Å²) in [5.74, 6) is -0.339. The largest absolute Gasteiger partial charge is 0.416 e. The Morgan fingerprint density at radius 2 is 1.71 bits per heavy atom. The van der Waals surface area contributed by atoms with Crippen LogP contribution in [0.5, 0.6) is 0 Å². The van der Waals surface area contributed by atoms with Crippen LogP contribution in [0.2, 0.25) is 0 Å². The van der Waals surface area contributed by atoms with E-state index in [2.05, 4.69) is 10.3 Å². The maximum absolute atomic E-state index is 12.7. The molecule has 3 rings (SSSR count). The summed E-state index contributed by atoms with van der Waals surface area (Å²) in [5, 5.41) is 8.28. The number of primary sulfonamides is 1. The normalized spacial score (nSPS) is 12.0. The highest BCUT2D eigenvalue weighted by Gasteiger charge is 2.30. The van der Waals surface area contributed by atoms with Crippen LogP contribution < -0.4 is 10.5 Å². The van der Waals surface area contributed by atoms with Gasteiger partial charge in [0.2, 0.25) is 10.0 Å². The van der Waals surface area contributed by atoms with Gasteiger partial charge < -0.3 is 5.32 Å².